The van der Waals surface area contributed by atoms with Crippen molar-refractivity contribution in [1.82, 2.24) is 14.5 Å². The number of aryl methyl sites for hydroxylation is 1. The zero-order valence-electron chi connectivity index (χ0n) is 17.2. The van der Waals surface area contributed by atoms with E-state index >= 15 is 0 Å². The third-order valence-corrected chi connectivity index (χ3v) is 5.83. The van der Waals surface area contributed by atoms with Gasteiger partial charge in [-0.2, -0.15) is 0 Å². The van der Waals surface area contributed by atoms with Crippen LogP contribution < -0.4 is 0 Å². The Bertz CT molecular complexity index is 966. The van der Waals surface area contributed by atoms with Crippen molar-refractivity contribution >= 4 is 16.9 Å². The first-order valence-electron chi connectivity index (χ1n) is 10.2. The molecule has 1 saturated heterocycles. The SMILES string of the molecule is Cc1cc(C(=O)CN2CCCC(c3nc4ccccc4o3)C2)c(C)n1C(C)C. The quantitative estimate of drug-likeness (QED) is 0.592. The maximum absolute atomic E-state index is 13.0. The fourth-order valence-corrected chi connectivity index (χ4v) is 4.61. The molecule has 1 atom stereocenters. The summed E-state index contributed by atoms with van der Waals surface area (Å²) >= 11 is 0. The van der Waals surface area contributed by atoms with Crippen molar-refractivity contribution in [2.45, 2.75) is 52.5 Å². The molecule has 1 fully saturated rings. The number of piperidine rings is 1. The smallest absolute Gasteiger partial charge is 0.199 e. The van der Waals surface area contributed by atoms with Gasteiger partial charge < -0.3 is 8.98 Å². The summed E-state index contributed by atoms with van der Waals surface area (Å²) in [6.07, 6.45) is 2.11. The minimum atomic E-state index is 0.207. The zero-order chi connectivity index (χ0) is 19.8. The Morgan fingerprint density at radius 1 is 1.29 bits per heavy atom. The van der Waals surface area contributed by atoms with E-state index in [0.29, 0.717) is 12.6 Å². The van der Waals surface area contributed by atoms with Gasteiger partial charge in [-0.05, 0) is 65.3 Å². The van der Waals surface area contributed by atoms with E-state index in [9.17, 15) is 4.79 Å². The van der Waals surface area contributed by atoms with Crippen LogP contribution in [0.4, 0.5) is 0 Å². The zero-order valence-corrected chi connectivity index (χ0v) is 17.2. The second-order valence-electron chi connectivity index (χ2n) is 8.27. The third kappa shape index (κ3) is 3.51. The first kappa shape index (κ1) is 18.9. The average Bonchev–Trinajstić information content (AvgIpc) is 3.22. The lowest BCUT2D eigenvalue weighted by atomic mass is 9.97. The lowest BCUT2D eigenvalue weighted by Gasteiger charge is -2.30. The lowest BCUT2D eigenvalue weighted by Crippen LogP contribution is -2.38. The highest BCUT2D eigenvalue weighted by Gasteiger charge is 2.27. The number of fused-ring (bicyclic) bond motifs is 1. The molecule has 2 aromatic heterocycles. The Labute approximate surface area is 166 Å². The maximum Gasteiger partial charge on any atom is 0.199 e. The van der Waals surface area contributed by atoms with Crippen molar-refractivity contribution in [3.8, 4) is 0 Å². The molecule has 0 spiro atoms. The molecule has 5 heteroatoms. The molecule has 0 bridgehead atoms. The molecule has 1 aliphatic rings. The topological polar surface area (TPSA) is 51.3 Å². The van der Waals surface area contributed by atoms with Gasteiger partial charge >= 0.3 is 0 Å². The van der Waals surface area contributed by atoms with Crippen LogP contribution in [0.1, 0.15) is 66.3 Å². The molecule has 0 amide bonds. The summed E-state index contributed by atoms with van der Waals surface area (Å²) in [4.78, 5) is 19.9. The summed E-state index contributed by atoms with van der Waals surface area (Å²) in [5.41, 5.74) is 4.83. The van der Waals surface area contributed by atoms with E-state index in [4.69, 9.17) is 4.42 Å². The second kappa shape index (κ2) is 7.55. The number of carbonyl (C=O) groups is 1. The Kier molecular flexibility index (Phi) is 5.11. The molecule has 3 aromatic rings. The third-order valence-electron chi connectivity index (χ3n) is 5.83. The summed E-state index contributed by atoms with van der Waals surface area (Å²) in [7, 11) is 0. The van der Waals surface area contributed by atoms with Crippen molar-refractivity contribution in [3.05, 3.63) is 53.2 Å². The van der Waals surface area contributed by atoms with E-state index in [1.807, 2.05) is 30.3 Å². The van der Waals surface area contributed by atoms with Crippen molar-refractivity contribution < 1.29 is 9.21 Å². The maximum atomic E-state index is 13.0. The Hall–Kier alpha value is -2.40. The normalized spacial score (nSPS) is 18.2. The molecule has 4 rings (SSSR count). The van der Waals surface area contributed by atoms with E-state index in [1.165, 1.54) is 0 Å². The largest absolute Gasteiger partial charge is 0.440 e. The van der Waals surface area contributed by atoms with Crippen LogP contribution in [0.2, 0.25) is 0 Å². The van der Waals surface area contributed by atoms with Crippen LogP contribution in [0.3, 0.4) is 0 Å². The number of ketones is 1. The Morgan fingerprint density at radius 2 is 2.07 bits per heavy atom. The van der Waals surface area contributed by atoms with Gasteiger partial charge in [-0.3, -0.25) is 9.69 Å². The minimum absolute atomic E-state index is 0.207. The van der Waals surface area contributed by atoms with Crippen LogP contribution in [0.25, 0.3) is 11.1 Å². The monoisotopic (exact) mass is 379 g/mol. The fraction of sp³-hybridized carbons (Fsp3) is 0.478. The summed E-state index contributed by atoms with van der Waals surface area (Å²) < 4.78 is 8.22. The van der Waals surface area contributed by atoms with Crippen LogP contribution in [0.15, 0.2) is 34.7 Å². The molecule has 0 saturated carbocycles. The summed E-state index contributed by atoms with van der Waals surface area (Å²) in [6, 6.07) is 10.3. The molecule has 0 aliphatic carbocycles. The van der Waals surface area contributed by atoms with Crippen molar-refractivity contribution in [2.24, 2.45) is 0 Å². The van der Waals surface area contributed by atoms with E-state index in [1.54, 1.807) is 0 Å². The number of hydrogen-bond donors (Lipinski definition) is 0. The fourth-order valence-electron chi connectivity index (χ4n) is 4.61. The van der Waals surface area contributed by atoms with E-state index in [-0.39, 0.29) is 11.7 Å². The van der Waals surface area contributed by atoms with Gasteiger partial charge in [0.2, 0.25) is 0 Å². The summed E-state index contributed by atoms with van der Waals surface area (Å²) in [5.74, 6) is 1.26. The van der Waals surface area contributed by atoms with Gasteiger partial charge in [0.1, 0.15) is 5.52 Å². The molecule has 0 radical (unpaired) electrons. The predicted octanol–water partition coefficient (Wildman–Crippen LogP) is 4.89. The Morgan fingerprint density at radius 3 is 2.79 bits per heavy atom. The highest BCUT2D eigenvalue weighted by Crippen LogP contribution is 2.29. The number of hydrogen-bond acceptors (Lipinski definition) is 4. The molecular formula is C23H29N3O2. The second-order valence-corrected chi connectivity index (χ2v) is 8.27. The van der Waals surface area contributed by atoms with E-state index in [2.05, 4.69) is 42.1 Å². The van der Waals surface area contributed by atoms with Crippen molar-refractivity contribution in [2.75, 3.05) is 19.6 Å². The number of nitrogens with zero attached hydrogens (tertiary/aromatic N) is 3. The van der Waals surface area contributed by atoms with Gasteiger partial charge in [-0.15, -0.1) is 0 Å². The van der Waals surface area contributed by atoms with E-state index < -0.39 is 0 Å². The molecule has 1 unspecified atom stereocenters. The van der Waals surface area contributed by atoms with Crippen molar-refractivity contribution in [3.63, 3.8) is 0 Å². The molecule has 3 heterocycles. The first-order chi connectivity index (χ1) is 13.4. The van der Waals surface area contributed by atoms with Gasteiger partial charge in [0.15, 0.2) is 17.3 Å². The summed E-state index contributed by atoms with van der Waals surface area (Å²) in [5, 5.41) is 0. The molecular weight excluding hydrogens is 350 g/mol. The number of aromatic nitrogens is 2. The highest BCUT2D eigenvalue weighted by atomic mass is 16.3. The number of oxazole rings is 1. The standard InChI is InChI=1S/C23H29N3O2/c1-15(2)26-16(3)12-19(17(26)4)21(27)14-25-11-7-8-18(13-25)23-24-20-9-5-6-10-22(20)28-23/h5-6,9-10,12,15,18H,7-8,11,13-14H2,1-4H3. The molecule has 0 N–H and O–H groups in total. The van der Waals surface area contributed by atoms with Crippen LogP contribution in [-0.4, -0.2) is 39.9 Å². The highest BCUT2D eigenvalue weighted by molar-refractivity contribution is 5.99. The van der Waals surface area contributed by atoms with Gasteiger partial charge in [-0.25, -0.2) is 4.98 Å². The number of likely N-dealkylation sites (tertiary alicyclic amines) is 1. The number of benzene rings is 1. The van der Waals surface area contributed by atoms with Crippen LogP contribution in [0.5, 0.6) is 0 Å². The number of Topliss-reactive ketones (excluding diaryl/α,β-unsaturated/α-hetero) is 1. The lowest BCUT2D eigenvalue weighted by molar-refractivity contribution is 0.0900. The Balaban J connectivity index is 1.48. The van der Waals surface area contributed by atoms with Gasteiger partial charge in [0.25, 0.3) is 0 Å². The summed E-state index contributed by atoms with van der Waals surface area (Å²) in [6.45, 7) is 10.7. The predicted molar refractivity (Wildman–Crippen MR) is 111 cm³/mol. The molecule has 1 aromatic carbocycles. The molecule has 1 aliphatic heterocycles. The van der Waals surface area contributed by atoms with Gasteiger partial charge in [0, 0.05) is 35.5 Å². The van der Waals surface area contributed by atoms with Crippen LogP contribution in [0, 0.1) is 13.8 Å². The first-order valence-corrected chi connectivity index (χ1v) is 10.2. The van der Waals surface area contributed by atoms with E-state index in [0.717, 1.165) is 59.9 Å². The van der Waals surface area contributed by atoms with Gasteiger partial charge in [-0.1, -0.05) is 12.1 Å². The number of para-hydroxylation sites is 2. The molecule has 28 heavy (non-hydrogen) atoms. The van der Waals surface area contributed by atoms with Crippen LogP contribution >= 0.6 is 0 Å². The number of rotatable bonds is 5. The number of carbonyl (C=O) groups excluding carboxylic acids is 1. The van der Waals surface area contributed by atoms with Gasteiger partial charge in [0.05, 0.1) is 6.54 Å². The van der Waals surface area contributed by atoms with Crippen molar-refractivity contribution in [1.29, 1.82) is 0 Å². The molecule has 148 valence electrons. The average molecular weight is 380 g/mol. The minimum Gasteiger partial charge on any atom is -0.440 e. The molecule has 5 nitrogen and oxygen atoms in total. The van der Waals surface area contributed by atoms with Crippen LogP contribution in [-0.2, 0) is 0 Å².